The highest BCUT2D eigenvalue weighted by Crippen LogP contribution is 2.14. The van der Waals surface area contributed by atoms with Crippen LogP contribution in [0.2, 0.25) is 0 Å². The molecule has 0 fully saturated rings. The monoisotopic (exact) mass is 849 g/mol. The summed E-state index contributed by atoms with van der Waals surface area (Å²) in [7, 11) is 0. The minimum Gasteiger partial charge on any atom is -0.462 e. The molecule has 0 aromatic carbocycles. The third-order valence-electron chi connectivity index (χ3n) is 10.4. The Morgan fingerprint density at radius 2 is 0.656 bits per heavy atom. The van der Waals surface area contributed by atoms with Gasteiger partial charge in [-0.2, -0.15) is 0 Å². The molecule has 0 aliphatic heterocycles. The molecule has 0 N–H and O–H groups in total. The molecule has 61 heavy (non-hydrogen) atoms. The summed E-state index contributed by atoms with van der Waals surface area (Å²) in [5.41, 5.74) is 0. The van der Waals surface area contributed by atoms with Crippen molar-refractivity contribution >= 4 is 17.9 Å². The average Bonchev–Trinajstić information content (AvgIpc) is 3.26. The van der Waals surface area contributed by atoms with Crippen LogP contribution >= 0.6 is 0 Å². The van der Waals surface area contributed by atoms with Crippen molar-refractivity contribution in [2.75, 3.05) is 13.2 Å². The molecule has 0 saturated carbocycles. The predicted octanol–water partition coefficient (Wildman–Crippen LogP) is 16.4. The van der Waals surface area contributed by atoms with E-state index in [0.29, 0.717) is 19.3 Å². The molecular weight excluding hydrogens is 757 g/mol. The van der Waals surface area contributed by atoms with Crippen molar-refractivity contribution < 1.29 is 28.6 Å². The number of hydrogen-bond donors (Lipinski definition) is 0. The maximum Gasteiger partial charge on any atom is 0.306 e. The molecule has 1 atom stereocenters. The van der Waals surface area contributed by atoms with E-state index in [4.69, 9.17) is 14.2 Å². The zero-order valence-electron chi connectivity index (χ0n) is 39.7. The van der Waals surface area contributed by atoms with Gasteiger partial charge in [0, 0.05) is 19.3 Å². The fourth-order valence-corrected chi connectivity index (χ4v) is 6.62. The van der Waals surface area contributed by atoms with Crippen LogP contribution in [0.1, 0.15) is 226 Å². The molecule has 0 heterocycles. The lowest BCUT2D eigenvalue weighted by Crippen LogP contribution is -2.30. The van der Waals surface area contributed by atoms with Gasteiger partial charge in [0.1, 0.15) is 13.2 Å². The molecule has 0 saturated heterocycles. The van der Waals surface area contributed by atoms with Gasteiger partial charge in [-0.05, 0) is 89.9 Å². The molecule has 0 aliphatic carbocycles. The van der Waals surface area contributed by atoms with Gasteiger partial charge in [-0.25, -0.2) is 0 Å². The first-order chi connectivity index (χ1) is 30.0. The summed E-state index contributed by atoms with van der Waals surface area (Å²) < 4.78 is 16.7. The van der Waals surface area contributed by atoms with Gasteiger partial charge in [0.05, 0.1) is 0 Å². The zero-order valence-corrected chi connectivity index (χ0v) is 39.7. The van der Waals surface area contributed by atoms with E-state index in [1.54, 1.807) is 0 Å². The second kappa shape index (κ2) is 49.2. The van der Waals surface area contributed by atoms with E-state index < -0.39 is 6.10 Å². The van der Waals surface area contributed by atoms with Gasteiger partial charge < -0.3 is 14.2 Å². The molecule has 0 radical (unpaired) electrons. The Bertz CT molecular complexity index is 1200. The van der Waals surface area contributed by atoms with Crippen molar-refractivity contribution in [3.63, 3.8) is 0 Å². The fraction of sp³-hybridized carbons (Fsp3) is 0.691. The van der Waals surface area contributed by atoms with Crippen molar-refractivity contribution in [1.29, 1.82) is 0 Å². The second-order valence-corrected chi connectivity index (χ2v) is 16.3. The Hall–Kier alpha value is -3.41. The summed E-state index contributed by atoms with van der Waals surface area (Å²) in [5, 5.41) is 0. The predicted molar refractivity (Wildman–Crippen MR) is 261 cm³/mol. The van der Waals surface area contributed by atoms with Crippen LogP contribution in [0.3, 0.4) is 0 Å². The Balaban J connectivity index is 4.48. The lowest BCUT2D eigenvalue weighted by Gasteiger charge is -2.18. The van der Waals surface area contributed by atoms with Crippen molar-refractivity contribution in [3.05, 3.63) is 85.1 Å². The second-order valence-electron chi connectivity index (χ2n) is 16.3. The molecule has 0 bridgehead atoms. The molecule has 348 valence electrons. The standard InChI is InChI=1S/C55H92O6/c1-4-7-10-13-16-19-22-24-26-27-29-31-34-36-39-42-45-48-54(57)60-51-52(61-55(58)49-46-43-40-37-32-21-18-15-12-9-6-3)50-59-53(56)47-44-41-38-35-33-30-28-25-23-20-17-14-11-8-5-2/h8,11,16-17,19-20,24-26,28-29,31,36,39,52H,4-7,9-10,12-15,18,21-23,27,30,32-35,37-38,40-51H2,1-3H3/t52-/m0/s1. The fourth-order valence-electron chi connectivity index (χ4n) is 6.62. The maximum absolute atomic E-state index is 12.7. The highest BCUT2D eigenvalue weighted by atomic mass is 16.6. The summed E-state index contributed by atoms with van der Waals surface area (Å²) in [4.78, 5) is 37.9. The van der Waals surface area contributed by atoms with Crippen LogP contribution in [0.25, 0.3) is 0 Å². The lowest BCUT2D eigenvalue weighted by atomic mass is 10.1. The summed E-state index contributed by atoms with van der Waals surface area (Å²) in [6, 6.07) is 0. The van der Waals surface area contributed by atoms with Crippen LogP contribution in [-0.4, -0.2) is 37.2 Å². The van der Waals surface area contributed by atoms with Crippen molar-refractivity contribution in [2.45, 2.75) is 232 Å². The van der Waals surface area contributed by atoms with E-state index in [9.17, 15) is 14.4 Å². The van der Waals surface area contributed by atoms with E-state index in [0.717, 1.165) is 103 Å². The van der Waals surface area contributed by atoms with Crippen molar-refractivity contribution in [2.24, 2.45) is 0 Å². The summed E-state index contributed by atoms with van der Waals surface area (Å²) >= 11 is 0. The minimum absolute atomic E-state index is 0.102. The van der Waals surface area contributed by atoms with Gasteiger partial charge in [-0.15, -0.1) is 0 Å². The van der Waals surface area contributed by atoms with Crippen LogP contribution in [0, 0.1) is 0 Å². The molecule has 0 unspecified atom stereocenters. The smallest absolute Gasteiger partial charge is 0.306 e. The van der Waals surface area contributed by atoms with Crippen LogP contribution < -0.4 is 0 Å². The number of carbonyl (C=O) groups excluding carboxylic acids is 3. The normalized spacial score (nSPS) is 12.8. The zero-order chi connectivity index (χ0) is 44.4. The molecule has 6 heteroatoms. The van der Waals surface area contributed by atoms with Gasteiger partial charge >= 0.3 is 17.9 Å². The van der Waals surface area contributed by atoms with Crippen LogP contribution in [0.5, 0.6) is 0 Å². The maximum atomic E-state index is 12.7. The third-order valence-corrected chi connectivity index (χ3v) is 10.4. The highest BCUT2D eigenvalue weighted by molar-refractivity contribution is 5.71. The summed E-state index contributed by atoms with van der Waals surface area (Å²) in [6.45, 7) is 6.42. The Kier molecular flexibility index (Phi) is 46.5. The van der Waals surface area contributed by atoms with Gasteiger partial charge in [0.25, 0.3) is 0 Å². The molecule has 6 nitrogen and oxygen atoms in total. The Morgan fingerprint density at radius 3 is 1.10 bits per heavy atom. The largest absolute Gasteiger partial charge is 0.462 e. The quantitative estimate of drug-likeness (QED) is 0.0263. The molecule has 0 aliphatic rings. The number of ether oxygens (including phenoxy) is 3. The van der Waals surface area contributed by atoms with Gasteiger partial charge in [0.2, 0.25) is 0 Å². The SMILES string of the molecule is CCC=CCC=CCC=CCCCCCCCC(=O)OC[C@@H](COC(=O)CCCC=CCC=CCC=CCC=CCCCCC)OC(=O)CCCCCCCCCCCCC. The van der Waals surface area contributed by atoms with Gasteiger partial charge in [-0.3, -0.25) is 14.4 Å². The van der Waals surface area contributed by atoms with E-state index >= 15 is 0 Å². The van der Waals surface area contributed by atoms with Crippen molar-refractivity contribution in [1.82, 2.24) is 0 Å². The van der Waals surface area contributed by atoms with Crippen LogP contribution in [0.4, 0.5) is 0 Å². The van der Waals surface area contributed by atoms with Gasteiger partial charge in [0.15, 0.2) is 6.10 Å². The molecule has 0 aromatic heterocycles. The van der Waals surface area contributed by atoms with E-state index in [1.165, 1.54) is 77.0 Å². The van der Waals surface area contributed by atoms with E-state index in [2.05, 4.69) is 106 Å². The molecular formula is C55H92O6. The van der Waals surface area contributed by atoms with Crippen LogP contribution in [0.15, 0.2) is 85.1 Å². The number of allylic oxidation sites excluding steroid dienone is 14. The number of carbonyl (C=O) groups is 3. The summed E-state index contributed by atoms with van der Waals surface area (Å²) in [5.74, 6) is -0.978. The average molecular weight is 849 g/mol. The first-order valence-electron chi connectivity index (χ1n) is 25.1. The first kappa shape index (κ1) is 57.6. The van der Waals surface area contributed by atoms with Crippen molar-refractivity contribution in [3.8, 4) is 0 Å². The van der Waals surface area contributed by atoms with E-state index in [-0.39, 0.29) is 37.5 Å². The summed E-state index contributed by atoms with van der Waals surface area (Å²) in [6.07, 6.45) is 62.8. The Morgan fingerprint density at radius 1 is 0.344 bits per heavy atom. The van der Waals surface area contributed by atoms with E-state index in [1.807, 2.05) is 0 Å². The number of rotatable bonds is 44. The topological polar surface area (TPSA) is 78.9 Å². The number of esters is 3. The van der Waals surface area contributed by atoms with Gasteiger partial charge in [-0.1, -0.05) is 202 Å². The highest BCUT2D eigenvalue weighted by Gasteiger charge is 2.19. The first-order valence-corrected chi connectivity index (χ1v) is 25.1. The lowest BCUT2D eigenvalue weighted by molar-refractivity contribution is -0.167. The molecule has 0 spiro atoms. The molecule has 0 rings (SSSR count). The van der Waals surface area contributed by atoms with Crippen LogP contribution in [-0.2, 0) is 28.6 Å². The number of hydrogen-bond acceptors (Lipinski definition) is 6. The molecule has 0 aromatic rings. The minimum atomic E-state index is -0.803. The Labute approximate surface area is 375 Å². The third kappa shape index (κ3) is 47.5. The number of unbranched alkanes of at least 4 members (excludes halogenated alkanes) is 19. The molecule has 0 amide bonds.